The Bertz CT molecular complexity index is 588. The number of ether oxygens (including phenoxy) is 1. The third-order valence-corrected chi connectivity index (χ3v) is 4.02. The highest BCUT2D eigenvalue weighted by atomic mass is 32.1. The minimum Gasteiger partial charge on any atom is -0.497 e. The minimum absolute atomic E-state index is 0.0141. The summed E-state index contributed by atoms with van der Waals surface area (Å²) in [5.74, 6) is 0.798. The van der Waals surface area contributed by atoms with Crippen molar-refractivity contribution in [1.29, 1.82) is 0 Å². The smallest absolute Gasteiger partial charge is 0.263 e. The van der Waals surface area contributed by atoms with Gasteiger partial charge in [0.05, 0.1) is 13.3 Å². The van der Waals surface area contributed by atoms with Crippen molar-refractivity contribution < 1.29 is 9.53 Å². The molecule has 1 fully saturated rings. The third kappa shape index (κ3) is 2.76. The zero-order valence-electron chi connectivity index (χ0n) is 10.6. The number of hydrogen-bond acceptors (Lipinski definition) is 4. The van der Waals surface area contributed by atoms with Crippen LogP contribution in [0.5, 0.6) is 5.75 Å². The second kappa shape index (κ2) is 5.01. The Morgan fingerprint density at radius 3 is 2.74 bits per heavy atom. The Labute approximate surface area is 115 Å². The van der Waals surface area contributed by atoms with Crippen LogP contribution >= 0.6 is 11.3 Å². The Morgan fingerprint density at radius 2 is 2.11 bits per heavy atom. The van der Waals surface area contributed by atoms with Crippen molar-refractivity contribution in [2.45, 2.75) is 18.9 Å². The van der Waals surface area contributed by atoms with Crippen molar-refractivity contribution in [3.8, 4) is 16.3 Å². The first-order valence-electron chi connectivity index (χ1n) is 6.17. The lowest BCUT2D eigenvalue weighted by molar-refractivity contribution is 0.0955. The molecule has 0 unspecified atom stereocenters. The van der Waals surface area contributed by atoms with E-state index in [4.69, 9.17) is 4.74 Å². The maximum Gasteiger partial charge on any atom is 0.263 e. The average Bonchev–Trinajstić information content (AvgIpc) is 3.11. The van der Waals surface area contributed by atoms with Crippen LogP contribution in [0.15, 0.2) is 30.5 Å². The molecule has 1 aromatic carbocycles. The maximum absolute atomic E-state index is 11.9. The molecule has 0 bridgehead atoms. The molecule has 1 aliphatic carbocycles. The van der Waals surface area contributed by atoms with Crippen LogP contribution in [-0.2, 0) is 0 Å². The molecular formula is C14H14N2O2S. The molecular weight excluding hydrogens is 260 g/mol. The van der Waals surface area contributed by atoms with E-state index in [1.807, 2.05) is 24.3 Å². The van der Waals surface area contributed by atoms with E-state index in [9.17, 15) is 4.79 Å². The van der Waals surface area contributed by atoms with Crippen molar-refractivity contribution in [2.75, 3.05) is 7.11 Å². The van der Waals surface area contributed by atoms with Crippen LogP contribution in [0, 0.1) is 0 Å². The highest BCUT2D eigenvalue weighted by molar-refractivity contribution is 7.16. The summed E-state index contributed by atoms with van der Waals surface area (Å²) in [5.41, 5.74) is 0.997. The van der Waals surface area contributed by atoms with E-state index in [-0.39, 0.29) is 5.91 Å². The molecule has 4 nitrogen and oxygen atoms in total. The second-order valence-corrected chi connectivity index (χ2v) is 5.54. The second-order valence-electron chi connectivity index (χ2n) is 4.51. The monoisotopic (exact) mass is 274 g/mol. The number of nitrogens with zero attached hydrogens (tertiary/aromatic N) is 1. The van der Waals surface area contributed by atoms with Crippen molar-refractivity contribution in [1.82, 2.24) is 10.3 Å². The molecule has 0 aliphatic heterocycles. The maximum atomic E-state index is 11.9. The van der Waals surface area contributed by atoms with Crippen molar-refractivity contribution in [3.05, 3.63) is 35.3 Å². The highest BCUT2D eigenvalue weighted by Gasteiger charge is 2.24. The van der Waals surface area contributed by atoms with Crippen LogP contribution in [0.4, 0.5) is 0 Å². The number of rotatable bonds is 4. The van der Waals surface area contributed by atoms with Gasteiger partial charge in [0.15, 0.2) is 0 Å². The van der Waals surface area contributed by atoms with Crippen molar-refractivity contribution in [2.24, 2.45) is 0 Å². The molecule has 1 N–H and O–H groups in total. The van der Waals surface area contributed by atoms with Gasteiger partial charge in [-0.25, -0.2) is 4.98 Å². The van der Waals surface area contributed by atoms with Gasteiger partial charge in [0.1, 0.15) is 15.6 Å². The van der Waals surface area contributed by atoms with Gasteiger partial charge in [-0.2, -0.15) is 0 Å². The average molecular weight is 274 g/mol. The normalized spacial score (nSPS) is 14.2. The largest absolute Gasteiger partial charge is 0.497 e. The summed E-state index contributed by atoms with van der Waals surface area (Å²) < 4.78 is 5.12. The van der Waals surface area contributed by atoms with E-state index < -0.39 is 0 Å². The molecule has 1 aromatic heterocycles. The number of aromatic nitrogens is 1. The summed E-state index contributed by atoms with van der Waals surface area (Å²) >= 11 is 1.41. The molecule has 1 amide bonds. The molecule has 0 radical (unpaired) electrons. The lowest BCUT2D eigenvalue weighted by atomic mass is 10.2. The number of carbonyl (C=O) groups is 1. The topological polar surface area (TPSA) is 51.2 Å². The number of thiazole rings is 1. The predicted molar refractivity (Wildman–Crippen MR) is 74.6 cm³/mol. The molecule has 98 valence electrons. The molecule has 3 rings (SSSR count). The summed E-state index contributed by atoms with van der Waals surface area (Å²) in [4.78, 5) is 16.9. The lowest BCUT2D eigenvalue weighted by Gasteiger charge is -2.00. The van der Waals surface area contributed by atoms with Crippen molar-refractivity contribution >= 4 is 17.2 Å². The number of nitrogens with one attached hydrogen (secondary N) is 1. The van der Waals surface area contributed by atoms with Crippen LogP contribution in [0.3, 0.4) is 0 Å². The number of benzene rings is 1. The zero-order chi connectivity index (χ0) is 13.2. The SMILES string of the molecule is COc1ccc(-c2ncc(C(=O)NC3CC3)s2)cc1. The fraction of sp³-hybridized carbons (Fsp3) is 0.286. The first-order valence-corrected chi connectivity index (χ1v) is 6.99. The van der Waals surface area contributed by atoms with E-state index >= 15 is 0 Å². The summed E-state index contributed by atoms with van der Waals surface area (Å²) in [5, 5.41) is 3.82. The Kier molecular flexibility index (Phi) is 3.21. The number of methoxy groups -OCH3 is 1. The molecule has 0 spiro atoms. The van der Waals surface area contributed by atoms with Crippen LogP contribution in [0.1, 0.15) is 22.5 Å². The summed E-state index contributed by atoms with van der Waals surface area (Å²) in [6.07, 6.45) is 3.83. The van der Waals surface area contributed by atoms with Crippen LogP contribution in [0.2, 0.25) is 0 Å². The number of hydrogen-bond donors (Lipinski definition) is 1. The van der Waals surface area contributed by atoms with Gasteiger partial charge < -0.3 is 10.1 Å². The fourth-order valence-electron chi connectivity index (χ4n) is 1.73. The molecule has 1 aliphatic rings. The molecule has 5 heteroatoms. The Morgan fingerprint density at radius 1 is 1.37 bits per heavy atom. The fourth-order valence-corrected chi connectivity index (χ4v) is 2.56. The molecule has 19 heavy (non-hydrogen) atoms. The van der Waals surface area contributed by atoms with Gasteiger partial charge in [0.25, 0.3) is 5.91 Å². The Hall–Kier alpha value is -1.88. The summed E-state index contributed by atoms with van der Waals surface area (Å²) in [6.45, 7) is 0. The predicted octanol–water partition coefficient (Wildman–Crippen LogP) is 2.71. The van der Waals surface area contributed by atoms with Crippen molar-refractivity contribution in [3.63, 3.8) is 0 Å². The standard InChI is InChI=1S/C14H14N2O2S/c1-18-11-6-2-9(3-7-11)14-15-8-12(19-14)13(17)16-10-4-5-10/h2-3,6-8,10H,4-5H2,1H3,(H,16,17). The van der Waals surface area contributed by atoms with Gasteiger partial charge in [0, 0.05) is 11.6 Å². The number of carbonyl (C=O) groups excluding carboxylic acids is 1. The van der Waals surface area contributed by atoms with Crippen LogP contribution in [0.25, 0.3) is 10.6 Å². The lowest BCUT2D eigenvalue weighted by Crippen LogP contribution is -2.24. The van der Waals surface area contributed by atoms with Gasteiger partial charge in [-0.3, -0.25) is 4.79 Å². The quantitative estimate of drug-likeness (QED) is 0.932. The molecule has 0 saturated heterocycles. The molecule has 2 aromatic rings. The van der Waals surface area contributed by atoms with Gasteiger partial charge >= 0.3 is 0 Å². The van der Waals surface area contributed by atoms with Gasteiger partial charge in [-0.05, 0) is 37.1 Å². The molecule has 1 saturated carbocycles. The van der Waals surface area contributed by atoms with E-state index in [1.54, 1.807) is 13.3 Å². The minimum atomic E-state index is -0.0141. The van der Waals surface area contributed by atoms with E-state index in [1.165, 1.54) is 11.3 Å². The first-order chi connectivity index (χ1) is 9.26. The summed E-state index contributed by atoms with van der Waals surface area (Å²) in [6, 6.07) is 8.04. The molecule has 0 atom stereocenters. The third-order valence-electron chi connectivity index (χ3n) is 2.98. The van der Waals surface area contributed by atoms with Gasteiger partial charge in [-0.15, -0.1) is 11.3 Å². The van der Waals surface area contributed by atoms with E-state index in [0.29, 0.717) is 10.9 Å². The van der Waals surface area contributed by atoms with E-state index in [0.717, 1.165) is 29.2 Å². The number of amides is 1. The van der Waals surface area contributed by atoms with Gasteiger partial charge in [0.2, 0.25) is 0 Å². The van der Waals surface area contributed by atoms with Crippen LogP contribution < -0.4 is 10.1 Å². The zero-order valence-corrected chi connectivity index (χ0v) is 11.4. The first kappa shape index (κ1) is 12.2. The molecule has 1 heterocycles. The van der Waals surface area contributed by atoms with E-state index in [2.05, 4.69) is 10.3 Å². The van der Waals surface area contributed by atoms with Gasteiger partial charge in [-0.1, -0.05) is 0 Å². The highest BCUT2D eigenvalue weighted by Crippen LogP contribution is 2.27. The Balaban J connectivity index is 1.77. The van der Waals surface area contributed by atoms with Crippen LogP contribution in [-0.4, -0.2) is 24.0 Å². The summed E-state index contributed by atoms with van der Waals surface area (Å²) in [7, 11) is 1.64.